The van der Waals surface area contributed by atoms with Crippen molar-refractivity contribution in [3.8, 4) is 0 Å². The second kappa shape index (κ2) is 3.65. The molecule has 1 aromatic rings. The van der Waals surface area contributed by atoms with Crippen LogP contribution in [0.5, 0.6) is 0 Å². The molecule has 1 aromatic carbocycles. The fraction of sp³-hybridized carbons (Fsp3) is 0.455. The first kappa shape index (κ1) is 10.1. The van der Waals surface area contributed by atoms with Gasteiger partial charge in [-0.05, 0) is 31.5 Å². The summed E-state index contributed by atoms with van der Waals surface area (Å²) in [6.45, 7) is 5.37. The summed E-state index contributed by atoms with van der Waals surface area (Å²) in [6.07, 6.45) is 0. The Morgan fingerprint density at radius 2 is 1.93 bits per heavy atom. The molecule has 2 rings (SSSR count). The minimum absolute atomic E-state index is 0.550. The first-order valence-electron chi connectivity index (χ1n) is 4.66. The molecule has 0 amide bonds. The third-order valence-electron chi connectivity index (χ3n) is 2.52. The van der Waals surface area contributed by atoms with Gasteiger partial charge in [0.15, 0.2) is 5.79 Å². The fourth-order valence-electron chi connectivity index (χ4n) is 1.61. The van der Waals surface area contributed by atoms with E-state index in [4.69, 9.17) is 9.47 Å². The summed E-state index contributed by atoms with van der Waals surface area (Å²) in [6, 6.07) is 6.15. The Bertz CT molecular complexity index is 343. The van der Waals surface area contributed by atoms with Gasteiger partial charge < -0.3 is 9.47 Å². The van der Waals surface area contributed by atoms with Crippen LogP contribution in [0.3, 0.4) is 0 Å². The van der Waals surface area contributed by atoms with Crippen LogP contribution in [-0.2, 0) is 15.3 Å². The molecule has 2 nitrogen and oxygen atoms in total. The van der Waals surface area contributed by atoms with Gasteiger partial charge in [-0.15, -0.1) is 0 Å². The molecule has 0 aromatic heterocycles. The third-order valence-corrected chi connectivity index (χ3v) is 3.41. The number of rotatable bonds is 1. The molecule has 76 valence electrons. The Hall–Kier alpha value is -0.380. The van der Waals surface area contributed by atoms with Crippen molar-refractivity contribution < 1.29 is 9.47 Å². The van der Waals surface area contributed by atoms with Gasteiger partial charge in [0.1, 0.15) is 0 Å². The average Bonchev–Trinajstić information content (AvgIpc) is 2.58. The highest BCUT2D eigenvalue weighted by atomic mass is 79.9. The molecule has 3 heteroatoms. The molecule has 0 radical (unpaired) electrons. The maximum Gasteiger partial charge on any atom is 0.192 e. The van der Waals surface area contributed by atoms with Crippen LogP contribution in [0, 0.1) is 6.92 Å². The highest BCUT2D eigenvalue weighted by molar-refractivity contribution is 9.10. The van der Waals surface area contributed by atoms with Crippen molar-refractivity contribution in [1.82, 2.24) is 0 Å². The second-order valence-electron chi connectivity index (χ2n) is 3.61. The van der Waals surface area contributed by atoms with Crippen molar-refractivity contribution in [2.24, 2.45) is 0 Å². The maximum atomic E-state index is 5.58. The molecule has 1 aliphatic heterocycles. The van der Waals surface area contributed by atoms with Crippen LogP contribution < -0.4 is 0 Å². The SMILES string of the molecule is Cc1cc(C2(C)OCCO2)ccc1Br. The van der Waals surface area contributed by atoms with Crippen molar-refractivity contribution >= 4 is 15.9 Å². The summed E-state index contributed by atoms with van der Waals surface area (Å²) in [5.74, 6) is -0.550. The molecule has 0 saturated carbocycles. The van der Waals surface area contributed by atoms with Gasteiger partial charge in [-0.25, -0.2) is 0 Å². The Labute approximate surface area is 92.3 Å². The molecular formula is C11H13BrO2. The van der Waals surface area contributed by atoms with Crippen molar-refractivity contribution in [2.45, 2.75) is 19.6 Å². The number of aryl methyl sites for hydroxylation is 1. The second-order valence-corrected chi connectivity index (χ2v) is 4.46. The number of halogens is 1. The fourth-order valence-corrected chi connectivity index (χ4v) is 1.85. The smallest absolute Gasteiger partial charge is 0.192 e. The van der Waals surface area contributed by atoms with Crippen molar-refractivity contribution in [2.75, 3.05) is 13.2 Å². The lowest BCUT2D eigenvalue weighted by molar-refractivity contribution is -0.149. The van der Waals surface area contributed by atoms with Crippen LogP contribution in [0.15, 0.2) is 22.7 Å². The molecule has 14 heavy (non-hydrogen) atoms. The summed E-state index contributed by atoms with van der Waals surface area (Å²) in [4.78, 5) is 0. The molecule has 1 heterocycles. The number of benzene rings is 1. The van der Waals surface area contributed by atoms with Gasteiger partial charge in [-0.3, -0.25) is 0 Å². The van der Waals surface area contributed by atoms with Gasteiger partial charge >= 0.3 is 0 Å². The van der Waals surface area contributed by atoms with Crippen LogP contribution in [0.1, 0.15) is 18.1 Å². The Kier molecular flexibility index (Phi) is 2.64. The zero-order valence-corrected chi connectivity index (χ0v) is 9.93. The summed E-state index contributed by atoms with van der Waals surface area (Å²) >= 11 is 3.47. The molecular weight excluding hydrogens is 244 g/mol. The molecule has 1 fully saturated rings. The van der Waals surface area contributed by atoms with Gasteiger partial charge in [0.05, 0.1) is 13.2 Å². The summed E-state index contributed by atoms with van der Waals surface area (Å²) in [5.41, 5.74) is 2.28. The monoisotopic (exact) mass is 256 g/mol. The lowest BCUT2D eigenvalue weighted by Crippen LogP contribution is -2.22. The number of ether oxygens (including phenoxy) is 2. The predicted octanol–water partition coefficient (Wildman–Crippen LogP) is 2.98. The van der Waals surface area contributed by atoms with E-state index in [2.05, 4.69) is 28.9 Å². The van der Waals surface area contributed by atoms with Crippen LogP contribution in [0.4, 0.5) is 0 Å². The molecule has 0 spiro atoms. The number of hydrogen-bond donors (Lipinski definition) is 0. The zero-order chi connectivity index (χ0) is 10.2. The van der Waals surface area contributed by atoms with Gasteiger partial charge in [-0.2, -0.15) is 0 Å². The van der Waals surface area contributed by atoms with Crippen LogP contribution in [-0.4, -0.2) is 13.2 Å². The van der Waals surface area contributed by atoms with Crippen molar-refractivity contribution in [1.29, 1.82) is 0 Å². The minimum Gasteiger partial charge on any atom is -0.344 e. The van der Waals surface area contributed by atoms with E-state index in [1.165, 1.54) is 5.56 Å². The quantitative estimate of drug-likeness (QED) is 0.770. The van der Waals surface area contributed by atoms with E-state index < -0.39 is 5.79 Å². The molecule has 0 N–H and O–H groups in total. The lowest BCUT2D eigenvalue weighted by atomic mass is 10.1. The van der Waals surface area contributed by atoms with Crippen LogP contribution >= 0.6 is 15.9 Å². The normalized spacial score (nSPS) is 19.9. The van der Waals surface area contributed by atoms with Gasteiger partial charge in [0.25, 0.3) is 0 Å². The summed E-state index contributed by atoms with van der Waals surface area (Å²) < 4.78 is 12.3. The Morgan fingerprint density at radius 3 is 2.50 bits per heavy atom. The molecule has 0 bridgehead atoms. The Balaban J connectivity index is 2.36. The van der Waals surface area contributed by atoms with Crippen LogP contribution in [0.25, 0.3) is 0 Å². The lowest BCUT2D eigenvalue weighted by Gasteiger charge is -2.23. The highest BCUT2D eigenvalue weighted by Crippen LogP contribution is 2.32. The molecule has 0 atom stereocenters. The highest BCUT2D eigenvalue weighted by Gasteiger charge is 2.33. The van der Waals surface area contributed by atoms with E-state index in [1.807, 2.05) is 19.1 Å². The van der Waals surface area contributed by atoms with E-state index in [1.54, 1.807) is 0 Å². The first-order valence-corrected chi connectivity index (χ1v) is 5.46. The minimum atomic E-state index is -0.550. The van der Waals surface area contributed by atoms with E-state index in [-0.39, 0.29) is 0 Å². The Morgan fingerprint density at radius 1 is 1.29 bits per heavy atom. The van der Waals surface area contributed by atoms with E-state index in [0.717, 1.165) is 10.0 Å². The topological polar surface area (TPSA) is 18.5 Å². The van der Waals surface area contributed by atoms with Crippen molar-refractivity contribution in [3.63, 3.8) is 0 Å². The third kappa shape index (κ3) is 1.72. The molecule has 0 aliphatic carbocycles. The molecule has 1 saturated heterocycles. The first-order chi connectivity index (χ1) is 6.62. The predicted molar refractivity (Wildman–Crippen MR) is 58.1 cm³/mol. The molecule has 0 unspecified atom stereocenters. The zero-order valence-electron chi connectivity index (χ0n) is 8.34. The van der Waals surface area contributed by atoms with E-state index in [9.17, 15) is 0 Å². The van der Waals surface area contributed by atoms with Crippen LogP contribution in [0.2, 0.25) is 0 Å². The largest absolute Gasteiger partial charge is 0.344 e. The van der Waals surface area contributed by atoms with Gasteiger partial charge in [0, 0.05) is 10.0 Å². The van der Waals surface area contributed by atoms with Gasteiger partial charge in [0.2, 0.25) is 0 Å². The summed E-state index contributed by atoms with van der Waals surface area (Å²) in [7, 11) is 0. The average molecular weight is 257 g/mol. The molecule has 1 aliphatic rings. The van der Waals surface area contributed by atoms with E-state index >= 15 is 0 Å². The maximum absolute atomic E-state index is 5.58. The number of hydrogen-bond acceptors (Lipinski definition) is 2. The summed E-state index contributed by atoms with van der Waals surface area (Å²) in [5, 5.41) is 0. The van der Waals surface area contributed by atoms with Crippen molar-refractivity contribution in [3.05, 3.63) is 33.8 Å². The standard InChI is InChI=1S/C11H13BrO2/c1-8-7-9(3-4-10(8)12)11(2)13-5-6-14-11/h3-4,7H,5-6H2,1-2H3. The van der Waals surface area contributed by atoms with E-state index in [0.29, 0.717) is 13.2 Å². The van der Waals surface area contributed by atoms with Gasteiger partial charge in [-0.1, -0.05) is 22.0 Å².